The van der Waals surface area contributed by atoms with Crippen molar-refractivity contribution in [3.8, 4) is 0 Å². The van der Waals surface area contributed by atoms with E-state index in [9.17, 15) is 9.90 Å². The van der Waals surface area contributed by atoms with E-state index in [1.807, 2.05) is 6.92 Å². The van der Waals surface area contributed by atoms with Crippen LogP contribution in [-0.2, 0) is 19.0 Å². The molecule has 0 aromatic rings. The molecule has 6 rings (SSSR count). The van der Waals surface area contributed by atoms with Crippen molar-refractivity contribution >= 4 is 5.78 Å². The highest BCUT2D eigenvalue weighted by molar-refractivity contribution is 6.01. The minimum atomic E-state index is -0.979. The fourth-order valence-corrected chi connectivity index (χ4v) is 9.79. The summed E-state index contributed by atoms with van der Waals surface area (Å²) in [6.07, 6.45) is 11.5. The Morgan fingerprint density at radius 2 is 1.77 bits per heavy atom. The summed E-state index contributed by atoms with van der Waals surface area (Å²) in [5, 5.41) is 11.4. The summed E-state index contributed by atoms with van der Waals surface area (Å²) >= 11 is 0. The molecule has 2 aliphatic heterocycles. The first-order valence-corrected chi connectivity index (χ1v) is 13.9. The van der Waals surface area contributed by atoms with E-state index in [-0.39, 0.29) is 40.3 Å². The normalized spacial score (nSPS) is 55.1. The topological polar surface area (TPSA) is 65.0 Å². The third-order valence-electron chi connectivity index (χ3n) is 12.0. The molecule has 5 fully saturated rings. The number of carbonyl (C=O) groups excluding carboxylic acids is 1. The second kappa shape index (κ2) is 7.30. The number of allylic oxidation sites excluding steroid dienone is 3. The lowest BCUT2D eigenvalue weighted by atomic mass is 9.46. The number of rotatable bonds is 2. The highest BCUT2D eigenvalue weighted by Gasteiger charge is 2.66. The predicted molar refractivity (Wildman–Crippen MR) is 133 cm³/mol. The van der Waals surface area contributed by atoms with Crippen molar-refractivity contribution in [3.63, 3.8) is 0 Å². The molecule has 0 unspecified atom stereocenters. The summed E-state index contributed by atoms with van der Waals surface area (Å²) in [6, 6.07) is 0. The lowest BCUT2D eigenvalue weighted by molar-refractivity contribution is -0.385. The number of fused-ring (bicyclic) bond motifs is 7. The second-order valence-electron chi connectivity index (χ2n) is 14.0. The second-order valence-corrected chi connectivity index (χ2v) is 14.0. The first-order valence-electron chi connectivity index (χ1n) is 13.9. The van der Waals surface area contributed by atoms with Gasteiger partial charge in [-0.2, -0.15) is 0 Å². The smallest absolute Gasteiger partial charge is 0.281 e. The van der Waals surface area contributed by atoms with E-state index in [0.29, 0.717) is 30.1 Å². The van der Waals surface area contributed by atoms with Gasteiger partial charge in [0.25, 0.3) is 5.97 Å². The fraction of sp³-hybridized carbons (Fsp3) is 0.833. The summed E-state index contributed by atoms with van der Waals surface area (Å²) in [4.78, 5) is 12.1. The molecule has 3 saturated carbocycles. The van der Waals surface area contributed by atoms with Crippen molar-refractivity contribution < 1.29 is 24.1 Å². The average molecular weight is 485 g/mol. The number of carbonyl (C=O) groups is 1. The van der Waals surface area contributed by atoms with E-state index in [1.165, 1.54) is 19.3 Å². The van der Waals surface area contributed by atoms with Crippen LogP contribution in [0.15, 0.2) is 23.8 Å². The van der Waals surface area contributed by atoms with Gasteiger partial charge in [-0.05, 0) is 100 Å². The van der Waals surface area contributed by atoms with E-state index in [2.05, 4.69) is 47.6 Å². The first kappa shape index (κ1) is 24.3. The number of aliphatic hydroxyl groups excluding tert-OH is 1. The highest BCUT2D eigenvalue weighted by Crippen LogP contribution is 2.67. The van der Waals surface area contributed by atoms with Crippen LogP contribution in [0.3, 0.4) is 0 Å². The lowest BCUT2D eigenvalue weighted by Gasteiger charge is -2.59. The maximum atomic E-state index is 12.1. The molecule has 5 nitrogen and oxygen atoms in total. The summed E-state index contributed by atoms with van der Waals surface area (Å²) in [5.41, 5.74) is 0.472. The molecule has 0 aromatic heterocycles. The number of hydrogen-bond acceptors (Lipinski definition) is 5. The zero-order valence-electron chi connectivity index (χ0n) is 22.6. The summed E-state index contributed by atoms with van der Waals surface area (Å²) in [7, 11) is 0. The van der Waals surface area contributed by atoms with Crippen LogP contribution in [-0.4, -0.2) is 40.3 Å². The van der Waals surface area contributed by atoms with Crippen molar-refractivity contribution in [2.24, 2.45) is 40.4 Å². The molecule has 0 amide bonds. The van der Waals surface area contributed by atoms with Gasteiger partial charge in [0.05, 0.1) is 17.8 Å². The minimum Gasteiger partial charge on any atom is -0.392 e. The van der Waals surface area contributed by atoms with Crippen LogP contribution >= 0.6 is 0 Å². The zero-order chi connectivity index (χ0) is 25.2. The van der Waals surface area contributed by atoms with Crippen LogP contribution < -0.4 is 0 Å². The molecule has 1 N–H and O–H groups in total. The Labute approximate surface area is 210 Å². The quantitative estimate of drug-likeness (QED) is 0.556. The third kappa shape index (κ3) is 3.23. The maximum absolute atomic E-state index is 12.1. The first-order chi connectivity index (χ1) is 16.2. The molecule has 5 heteroatoms. The van der Waals surface area contributed by atoms with Crippen LogP contribution in [0, 0.1) is 40.4 Å². The fourth-order valence-electron chi connectivity index (χ4n) is 9.79. The highest BCUT2D eigenvalue weighted by atomic mass is 16.9. The van der Waals surface area contributed by atoms with Gasteiger partial charge in [0.15, 0.2) is 5.78 Å². The van der Waals surface area contributed by atoms with Crippen molar-refractivity contribution in [1.29, 1.82) is 0 Å². The molecule has 194 valence electrons. The largest absolute Gasteiger partial charge is 0.392 e. The molecule has 11 atom stereocenters. The Balaban J connectivity index is 1.27. The maximum Gasteiger partial charge on any atom is 0.281 e. The van der Waals surface area contributed by atoms with Crippen molar-refractivity contribution in [2.75, 3.05) is 0 Å². The van der Waals surface area contributed by atoms with E-state index < -0.39 is 11.6 Å². The molecule has 2 saturated heterocycles. The van der Waals surface area contributed by atoms with Gasteiger partial charge < -0.3 is 19.3 Å². The molecule has 0 aromatic carbocycles. The minimum absolute atomic E-state index is 0.0681. The van der Waals surface area contributed by atoms with Gasteiger partial charge in [0.1, 0.15) is 5.60 Å². The van der Waals surface area contributed by atoms with Gasteiger partial charge in [-0.1, -0.05) is 32.4 Å². The van der Waals surface area contributed by atoms with Crippen LogP contribution in [0.4, 0.5) is 0 Å². The Bertz CT molecular complexity index is 995. The Hall–Kier alpha value is -1.01. The molecule has 0 spiro atoms. The van der Waals surface area contributed by atoms with Crippen LogP contribution in [0.2, 0.25) is 0 Å². The third-order valence-corrected chi connectivity index (χ3v) is 12.0. The van der Waals surface area contributed by atoms with Crippen molar-refractivity contribution in [2.45, 2.75) is 116 Å². The summed E-state index contributed by atoms with van der Waals surface area (Å²) < 4.78 is 19.1. The standard InChI is InChI=1S/C30H44O5/c1-17(24-16-29(6)26(2,3)34-30(7,33-24)35-29)20-8-9-21-25-22(11-13-28(20,21)5)27(4)12-10-19(31)14-18(27)15-23(25)32/h10,12,14,17,20-25,32H,8-9,11,13,15-16H2,1-7H3/t17-,20+,21-,22-,23+,24+,25-,27-,28+,29+,30-/m0/s1. The molecule has 35 heavy (non-hydrogen) atoms. The van der Waals surface area contributed by atoms with Crippen LogP contribution in [0.1, 0.15) is 87.0 Å². The van der Waals surface area contributed by atoms with Crippen molar-refractivity contribution in [1.82, 2.24) is 0 Å². The molecule has 2 bridgehead atoms. The number of ketones is 1. The van der Waals surface area contributed by atoms with Crippen molar-refractivity contribution in [3.05, 3.63) is 23.8 Å². The predicted octanol–water partition coefficient (Wildman–Crippen LogP) is 5.56. The molecule has 4 aliphatic carbocycles. The van der Waals surface area contributed by atoms with Crippen LogP contribution in [0.25, 0.3) is 0 Å². The van der Waals surface area contributed by atoms with Crippen LogP contribution in [0.5, 0.6) is 0 Å². The van der Waals surface area contributed by atoms with E-state index in [1.54, 1.807) is 12.2 Å². The average Bonchev–Trinajstić information content (AvgIpc) is 3.15. The SMILES string of the molecule is C[C@@H]([C@H]1CC[C@H]2[C@@H]3[C@H](O)CC4=CC(=O)C=C[C@]4(C)[C@H]3CC[C@]12C)[C@H]1C[C@@]2(C)O[C@@](C)(O1)OC2(C)C. The molecule has 0 radical (unpaired) electrons. The van der Waals surface area contributed by atoms with E-state index in [4.69, 9.17) is 14.2 Å². The van der Waals surface area contributed by atoms with Gasteiger partial charge in [0.2, 0.25) is 0 Å². The number of aliphatic hydroxyl groups is 1. The van der Waals surface area contributed by atoms with Gasteiger partial charge in [-0.15, -0.1) is 0 Å². The number of ether oxygens (including phenoxy) is 3. The molecule has 6 aliphatic rings. The molecular formula is C30H44O5. The Kier molecular flexibility index (Phi) is 5.08. The van der Waals surface area contributed by atoms with Gasteiger partial charge in [-0.25, -0.2) is 0 Å². The zero-order valence-corrected chi connectivity index (χ0v) is 22.6. The van der Waals surface area contributed by atoms with Gasteiger partial charge >= 0.3 is 0 Å². The number of hydrogen-bond donors (Lipinski definition) is 1. The van der Waals surface area contributed by atoms with E-state index in [0.717, 1.165) is 18.4 Å². The molecule has 2 heterocycles. The van der Waals surface area contributed by atoms with Gasteiger partial charge in [-0.3, -0.25) is 4.79 Å². The summed E-state index contributed by atoms with van der Waals surface area (Å²) in [5.74, 6) is 1.22. The van der Waals surface area contributed by atoms with Gasteiger partial charge in [0, 0.05) is 18.8 Å². The van der Waals surface area contributed by atoms with E-state index >= 15 is 0 Å². The summed E-state index contributed by atoms with van der Waals surface area (Å²) in [6.45, 7) is 15.5. The lowest BCUT2D eigenvalue weighted by Crippen LogP contribution is -2.56. The Morgan fingerprint density at radius 3 is 2.49 bits per heavy atom. The Morgan fingerprint density at radius 1 is 1.03 bits per heavy atom. The molecular weight excluding hydrogens is 440 g/mol. The monoisotopic (exact) mass is 484 g/mol.